The molecule has 0 bridgehead atoms. The van der Waals surface area contributed by atoms with Crippen LogP contribution in [0.4, 0.5) is 11.7 Å². The van der Waals surface area contributed by atoms with E-state index in [1.807, 2.05) is 12.1 Å². The second-order valence-electron chi connectivity index (χ2n) is 6.90. The lowest BCUT2D eigenvalue weighted by atomic mass is 10.3. The fraction of sp³-hybridized carbons (Fsp3) is 0.0500. The molecule has 0 atom stereocenters. The molecule has 0 unspecified atom stereocenters. The summed E-state index contributed by atoms with van der Waals surface area (Å²) in [4.78, 5) is 31.4. The van der Waals surface area contributed by atoms with Gasteiger partial charge in [0.2, 0.25) is 0 Å². The first-order chi connectivity index (χ1) is 15.9. The normalized spacial score (nSPS) is 11.1. The minimum Gasteiger partial charge on any atom is -0.395 e. The molecule has 0 saturated heterocycles. The van der Waals surface area contributed by atoms with Crippen molar-refractivity contribution in [2.24, 2.45) is 0 Å². The Labute approximate surface area is 189 Å². The molecule has 1 amide bonds. The molecule has 12 nitrogen and oxygen atoms in total. The lowest BCUT2D eigenvalue weighted by Crippen LogP contribution is -2.15. The van der Waals surface area contributed by atoms with Crippen LogP contribution in [0.15, 0.2) is 59.4 Å². The maximum Gasteiger partial charge on any atom is 0.433 e. The van der Waals surface area contributed by atoms with Gasteiger partial charge < -0.3 is 9.73 Å². The number of amides is 1. The zero-order valence-corrected chi connectivity index (χ0v) is 17.6. The number of fused-ring (bicyclic) bond motifs is 1. The number of anilines is 1. The molecule has 4 heterocycles. The van der Waals surface area contributed by atoms with Crippen LogP contribution in [0.3, 0.4) is 0 Å². The van der Waals surface area contributed by atoms with E-state index in [0.717, 1.165) is 11.8 Å². The highest BCUT2D eigenvalue weighted by Gasteiger charge is 2.21. The van der Waals surface area contributed by atoms with Crippen molar-refractivity contribution in [1.29, 1.82) is 0 Å². The Bertz CT molecular complexity index is 1520. The van der Waals surface area contributed by atoms with Crippen molar-refractivity contribution in [3.63, 3.8) is 0 Å². The van der Waals surface area contributed by atoms with E-state index in [1.165, 1.54) is 17.1 Å². The van der Waals surface area contributed by atoms with Gasteiger partial charge in [-0.05, 0) is 37.3 Å². The van der Waals surface area contributed by atoms with Gasteiger partial charge in [0.25, 0.3) is 5.91 Å². The predicted octanol–water partition coefficient (Wildman–Crippen LogP) is 3.72. The van der Waals surface area contributed by atoms with E-state index >= 15 is 0 Å². The number of nitro groups is 1. The summed E-state index contributed by atoms with van der Waals surface area (Å²) in [5, 5.41) is 23.5. The maximum absolute atomic E-state index is 12.6. The molecule has 0 spiro atoms. The van der Waals surface area contributed by atoms with Gasteiger partial charge in [0, 0.05) is 11.1 Å². The third-order valence-corrected chi connectivity index (χ3v) is 4.94. The summed E-state index contributed by atoms with van der Waals surface area (Å²) in [5.41, 5.74) is 1.88. The minimum atomic E-state index is -0.721. The second-order valence-corrected chi connectivity index (χ2v) is 7.34. The summed E-state index contributed by atoms with van der Waals surface area (Å²) in [6.45, 7) is 1.75. The van der Waals surface area contributed by atoms with Crippen LogP contribution in [0, 0.1) is 17.0 Å². The van der Waals surface area contributed by atoms with Crippen LogP contribution in [0.2, 0.25) is 5.02 Å². The van der Waals surface area contributed by atoms with E-state index in [9.17, 15) is 14.9 Å². The highest BCUT2D eigenvalue weighted by molar-refractivity contribution is 6.30. The third kappa shape index (κ3) is 3.68. The number of carbonyl (C=O) groups is 1. The van der Waals surface area contributed by atoms with Gasteiger partial charge in [-0.2, -0.15) is 14.9 Å². The second kappa shape index (κ2) is 7.84. The number of rotatable bonds is 5. The lowest BCUT2D eigenvalue weighted by molar-refractivity contribution is -0.402. The number of carbonyl (C=O) groups excluding carboxylic acids is 1. The first kappa shape index (κ1) is 20.3. The number of nitrogens with zero attached hydrogens (tertiary/aromatic N) is 7. The van der Waals surface area contributed by atoms with Gasteiger partial charge in [0.1, 0.15) is 17.1 Å². The monoisotopic (exact) mass is 464 g/mol. The molecular weight excluding hydrogens is 452 g/mol. The molecule has 0 aliphatic rings. The van der Waals surface area contributed by atoms with E-state index in [-0.39, 0.29) is 11.6 Å². The van der Waals surface area contributed by atoms with Gasteiger partial charge >= 0.3 is 5.88 Å². The summed E-state index contributed by atoms with van der Waals surface area (Å²) in [6.07, 6.45) is 2.96. The van der Waals surface area contributed by atoms with Crippen LogP contribution < -0.4 is 5.32 Å². The lowest BCUT2D eigenvalue weighted by Gasteiger charge is -2.08. The number of halogens is 1. The Hall–Kier alpha value is -4.58. The summed E-state index contributed by atoms with van der Waals surface area (Å²) in [7, 11) is 0. The van der Waals surface area contributed by atoms with Crippen LogP contribution in [-0.2, 0) is 0 Å². The average molecular weight is 465 g/mol. The molecule has 0 aliphatic heterocycles. The Balaban J connectivity index is 1.54. The fourth-order valence-electron chi connectivity index (χ4n) is 3.25. The fourth-order valence-corrected chi connectivity index (χ4v) is 3.37. The number of nitrogens with one attached hydrogen (secondary N) is 1. The van der Waals surface area contributed by atoms with E-state index in [0.29, 0.717) is 27.6 Å². The Morgan fingerprint density at radius 2 is 1.94 bits per heavy atom. The van der Waals surface area contributed by atoms with Crippen molar-refractivity contribution in [2.45, 2.75) is 6.92 Å². The van der Waals surface area contributed by atoms with Crippen LogP contribution >= 0.6 is 11.6 Å². The van der Waals surface area contributed by atoms with Crippen molar-refractivity contribution < 1.29 is 14.1 Å². The first-order valence-electron chi connectivity index (χ1n) is 9.48. The van der Waals surface area contributed by atoms with Gasteiger partial charge in [0.15, 0.2) is 17.2 Å². The van der Waals surface area contributed by atoms with Crippen molar-refractivity contribution in [1.82, 2.24) is 29.5 Å². The molecular formula is C20H13ClN8O4. The molecule has 164 valence electrons. The number of aromatic nitrogens is 6. The van der Waals surface area contributed by atoms with Gasteiger partial charge in [-0.25, -0.2) is 14.6 Å². The van der Waals surface area contributed by atoms with Gasteiger partial charge in [0.05, 0.1) is 29.0 Å². The molecule has 5 aromatic rings. The first-order valence-corrected chi connectivity index (χ1v) is 9.86. The van der Waals surface area contributed by atoms with Crippen LogP contribution in [-0.4, -0.2) is 40.4 Å². The minimum absolute atomic E-state index is 0.213. The third-order valence-electron chi connectivity index (χ3n) is 4.69. The van der Waals surface area contributed by atoms with Crippen molar-refractivity contribution in [3.05, 3.63) is 81.6 Å². The summed E-state index contributed by atoms with van der Waals surface area (Å²) in [6, 6.07) is 11.1. The highest BCUT2D eigenvalue weighted by Crippen LogP contribution is 2.25. The van der Waals surface area contributed by atoms with E-state index in [2.05, 4.69) is 25.5 Å². The summed E-state index contributed by atoms with van der Waals surface area (Å²) < 4.78 is 8.04. The zero-order chi connectivity index (χ0) is 23.1. The van der Waals surface area contributed by atoms with Gasteiger partial charge in [-0.3, -0.25) is 14.9 Å². The molecule has 0 saturated carbocycles. The topological polar surface area (TPSA) is 147 Å². The summed E-state index contributed by atoms with van der Waals surface area (Å²) >= 11 is 5.98. The molecule has 1 N–H and O–H groups in total. The number of benzene rings is 1. The smallest absolute Gasteiger partial charge is 0.395 e. The molecule has 5 rings (SSSR count). The molecule has 0 aliphatic carbocycles. The van der Waals surface area contributed by atoms with Crippen molar-refractivity contribution in [3.8, 4) is 11.5 Å². The number of hydrogen-bond acceptors (Lipinski definition) is 8. The maximum atomic E-state index is 12.6. The SMILES string of the molecule is Cc1cc(NC(=O)c2ccc([N+](=O)[O-])o2)n(-c2ncnc3c2cnn3-c2ccc(Cl)cc2)n1. The quantitative estimate of drug-likeness (QED) is 0.305. The average Bonchev–Trinajstić information content (AvgIpc) is 3.52. The number of hydrogen-bond donors (Lipinski definition) is 1. The molecule has 1 aromatic carbocycles. The van der Waals surface area contributed by atoms with E-state index in [1.54, 1.807) is 36.0 Å². The number of aryl methyl sites for hydroxylation is 1. The van der Waals surface area contributed by atoms with Crippen molar-refractivity contribution >= 4 is 40.2 Å². The van der Waals surface area contributed by atoms with Crippen molar-refractivity contribution in [2.75, 3.05) is 5.32 Å². The van der Waals surface area contributed by atoms with Crippen LogP contribution in [0.1, 0.15) is 16.2 Å². The Kier molecular flexibility index (Phi) is 4.83. The van der Waals surface area contributed by atoms with Gasteiger partial charge in [-0.1, -0.05) is 11.6 Å². The number of furan rings is 1. The molecule has 0 fully saturated rings. The predicted molar refractivity (Wildman–Crippen MR) is 117 cm³/mol. The Morgan fingerprint density at radius 1 is 1.15 bits per heavy atom. The zero-order valence-electron chi connectivity index (χ0n) is 16.8. The largest absolute Gasteiger partial charge is 0.433 e. The molecule has 4 aromatic heterocycles. The van der Waals surface area contributed by atoms with Crippen LogP contribution in [0.5, 0.6) is 0 Å². The molecule has 13 heteroatoms. The summed E-state index contributed by atoms with van der Waals surface area (Å²) in [5.74, 6) is -0.747. The van der Waals surface area contributed by atoms with Gasteiger partial charge in [-0.15, -0.1) is 0 Å². The Morgan fingerprint density at radius 3 is 2.67 bits per heavy atom. The van der Waals surface area contributed by atoms with Crippen LogP contribution in [0.25, 0.3) is 22.5 Å². The van der Waals surface area contributed by atoms with E-state index in [4.69, 9.17) is 16.0 Å². The molecule has 33 heavy (non-hydrogen) atoms. The molecule has 0 radical (unpaired) electrons. The standard InChI is InChI=1S/C20H13ClN8O4/c1-11-8-16(25-20(30)15-6-7-17(33-15)29(31)32)28(26-11)19-14-9-24-27(18(14)22-10-23-19)13-4-2-12(21)3-5-13/h2-10H,1H3,(H,25,30). The van der Waals surface area contributed by atoms with E-state index < -0.39 is 16.7 Å². The highest BCUT2D eigenvalue weighted by atomic mass is 35.5.